The van der Waals surface area contributed by atoms with Crippen LogP contribution in [0.15, 0.2) is 30.7 Å². The van der Waals surface area contributed by atoms with Crippen LogP contribution < -0.4 is 5.73 Å². The molecule has 2 aromatic heterocycles. The highest BCUT2D eigenvalue weighted by molar-refractivity contribution is 5.35. The molecule has 0 amide bonds. The molecule has 2 aromatic rings. The second kappa shape index (κ2) is 5.38. The molecule has 7 heteroatoms. The number of alkyl halides is 3. The molecule has 0 radical (unpaired) electrons. The molecule has 0 fully saturated rings. The second-order valence-electron chi connectivity index (χ2n) is 5.69. The molecule has 0 saturated carbocycles. The largest absolute Gasteiger partial charge is 0.408 e. The predicted molar refractivity (Wildman–Crippen MR) is 73.7 cm³/mol. The summed E-state index contributed by atoms with van der Waals surface area (Å²) in [4.78, 5) is 4.22. The molecule has 2 N–H and O–H groups in total. The first-order valence-corrected chi connectivity index (χ1v) is 6.46. The zero-order chi connectivity index (χ0) is 15.7. The molecule has 0 aliphatic heterocycles. The molecular weight excluding hydrogens is 281 g/mol. The van der Waals surface area contributed by atoms with E-state index in [1.807, 2.05) is 19.9 Å². The van der Waals surface area contributed by atoms with E-state index < -0.39 is 12.7 Å². The molecule has 0 spiro atoms. The minimum Gasteiger partial charge on any atom is -0.397 e. The van der Waals surface area contributed by atoms with E-state index in [0.717, 1.165) is 15.9 Å². The summed E-state index contributed by atoms with van der Waals surface area (Å²) in [5.41, 5.74) is 7.36. The Hall–Kier alpha value is -2.05. The lowest BCUT2D eigenvalue weighted by Crippen LogP contribution is -2.21. The number of aromatic nitrogens is 3. The Morgan fingerprint density at radius 2 is 1.90 bits per heavy atom. The van der Waals surface area contributed by atoms with Gasteiger partial charge in [-0.25, -0.2) is 0 Å². The first-order chi connectivity index (χ1) is 9.66. The standard InChI is InChI=1S/C14H17F3N4/c1-13(2,5-12-4-3-11(18)7-19-12)10-6-20-21(8-10)9-14(15,16)17/h3-4,6-8H,5,9,18H2,1-2H3. The van der Waals surface area contributed by atoms with Crippen molar-refractivity contribution in [3.63, 3.8) is 0 Å². The molecular formula is C14H17F3N4. The van der Waals surface area contributed by atoms with Gasteiger partial charge in [0.05, 0.1) is 18.1 Å². The maximum absolute atomic E-state index is 12.3. The monoisotopic (exact) mass is 298 g/mol. The van der Waals surface area contributed by atoms with Gasteiger partial charge < -0.3 is 5.73 Å². The molecule has 0 aliphatic carbocycles. The van der Waals surface area contributed by atoms with Crippen LogP contribution in [0.3, 0.4) is 0 Å². The van der Waals surface area contributed by atoms with Gasteiger partial charge in [0, 0.05) is 11.9 Å². The third-order valence-electron chi connectivity index (χ3n) is 3.23. The summed E-state index contributed by atoms with van der Waals surface area (Å²) in [5.74, 6) is 0. The van der Waals surface area contributed by atoms with Crippen molar-refractivity contribution in [1.29, 1.82) is 0 Å². The van der Waals surface area contributed by atoms with E-state index in [2.05, 4.69) is 10.1 Å². The lowest BCUT2D eigenvalue weighted by atomic mass is 9.82. The Balaban J connectivity index is 2.13. The van der Waals surface area contributed by atoms with Crippen LogP contribution in [0.25, 0.3) is 0 Å². The molecule has 114 valence electrons. The van der Waals surface area contributed by atoms with Gasteiger partial charge in [-0.3, -0.25) is 9.67 Å². The van der Waals surface area contributed by atoms with Gasteiger partial charge in [0.25, 0.3) is 0 Å². The summed E-state index contributed by atoms with van der Waals surface area (Å²) in [6.07, 6.45) is 0.795. The van der Waals surface area contributed by atoms with Crippen molar-refractivity contribution in [2.24, 2.45) is 0 Å². The smallest absolute Gasteiger partial charge is 0.397 e. The first kappa shape index (κ1) is 15.3. The molecule has 0 bridgehead atoms. The number of anilines is 1. The topological polar surface area (TPSA) is 56.7 Å². The minimum absolute atomic E-state index is 0.368. The third kappa shape index (κ3) is 4.21. The molecule has 4 nitrogen and oxygen atoms in total. The number of halogens is 3. The number of nitrogens with zero attached hydrogens (tertiary/aromatic N) is 3. The van der Waals surface area contributed by atoms with Crippen LogP contribution in [-0.4, -0.2) is 20.9 Å². The normalized spacial score (nSPS) is 12.6. The highest BCUT2D eigenvalue weighted by atomic mass is 19.4. The Morgan fingerprint density at radius 1 is 1.19 bits per heavy atom. The lowest BCUT2D eigenvalue weighted by molar-refractivity contribution is -0.142. The summed E-state index contributed by atoms with van der Waals surface area (Å²) < 4.78 is 38.0. The van der Waals surface area contributed by atoms with Crippen LogP contribution >= 0.6 is 0 Å². The van der Waals surface area contributed by atoms with E-state index >= 15 is 0 Å². The van der Waals surface area contributed by atoms with Gasteiger partial charge in [-0.1, -0.05) is 13.8 Å². The number of hydrogen-bond donors (Lipinski definition) is 1. The summed E-state index contributed by atoms with van der Waals surface area (Å²) in [5, 5.41) is 3.78. The van der Waals surface area contributed by atoms with Crippen LogP contribution in [0, 0.1) is 0 Å². The average molecular weight is 298 g/mol. The molecule has 0 atom stereocenters. The second-order valence-corrected chi connectivity index (χ2v) is 5.69. The van der Waals surface area contributed by atoms with Crippen LogP contribution in [0.5, 0.6) is 0 Å². The zero-order valence-electron chi connectivity index (χ0n) is 11.9. The Labute approximate surface area is 120 Å². The van der Waals surface area contributed by atoms with Gasteiger partial charge in [0.15, 0.2) is 0 Å². The molecule has 2 rings (SSSR count). The number of nitrogens with two attached hydrogens (primary N) is 1. The van der Waals surface area contributed by atoms with Crippen LogP contribution in [0.4, 0.5) is 18.9 Å². The summed E-state index contributed by atoms with van der Waals surface area (Å²) in [6, 6.07) is 3.57. The van der Waals surface area contributed by atoms with Crippen molar-refractivity contribution < 1.29 is 13.2 Å². The van der Waals surface area contributed by atoms with E-state index in [4.69, 9.17) is 5.73 Å². The third-order valence-corrected chi connectivity index (χ3v) is 3.23. The number of rotatable bonds is 4. The maximum atomic E-state index is 12.3. The fourth-order valence-corrected chi connectivity index (χ4v) is 2.08. The zero-order valence-corrected chi connectivity index (χ0v) is 11.9. The van der Waals surface area contributed by atoms with E-state index in [0.29, 0.717) is 12.1 Å². The van der Waals surface area contributed by atoms with Crippen LogP contribution in [-0.2, 0) is 18.4 Å². The summed E-state index contributed by atoms with van der Waals surface area (Å²) >= 11 is 0. The molecule has 0 aliphatic rings. The van der Waals surface area contributed by atoms with Crippen molar-refractivity contribution in [2.45, 2.75) is 38.4 Å². The van der Waals surface area contributed by atoms with E-state index in [-0.39, 0.29) is 5.41 Å². The van der Waals surface area contributed by atoms with Gasteiger partial charge in [-0.2, -0.15) is 18.3 Å². The van der Waals surface area contributed by atoms with Crippen molar-refractivity contribution in [1.82, 2.24) is 14.8 Å². The van der Waals surface area contributed by atoms with Crippen molar-refractivity contribution >= 4 is 5.69 Å². The van der Waals surface area contributed by atoms with Gasteiger partial charge in [0.1, 0.15) is 6.54 Å². The van der Waals surface area contributed by atoms with Crippen molar-refractivity contribution in [2.75, 3.05) is 5.73 Å². The highest BCUT2D eigenvalue weighted by Gasteiger charge is 2.30. The van der Waals surface area contributed by atoms with Gasteiger partial charge >= 0.3 is 6.18 Å². The molecule has 21 heavy (non-hydrogen) atoms. The SMILES string of the molecule is CC(C)(Cc1ccc(N)cn1)c1cnn(CC(F)(F)F)c1. The Bertz CT molecular complexity index is 599. The van der Waals surface area contributed by atoms with Gasteiger partial charge in [0.2, 0.25) is 0 Å². The Kier molecular flexibility index (Phi) is 3.93. The number of pyridine rings is 1. The lowest BCUT2D eigenvalue weighted by Gasteiger charge is -2.22. The quantitative estimate of drug-likeness (QED) is 0.944. The van der Waals surface area contributed by atoms with E-state index in [1.165, 1.54) is 12.4 Å². The van der Waals surface area contributed by atoms with Crippen LogP contribution in [0.2, 0.25) is 0 Å². The number of nitrogen functional groups attached to an aromatic ring is 1. The van der Waals surface area contributed by atoms with Crippen LogP contribution in [0.1, 0.15) is 25.1 Å². The van der Waals surface area contributed by atoms with E-state index in [1.54, 1.807) is 12.3 Å². The molecule has 0 aromatic carbocycles. The van der Waals surface area contributed by atoms with Gasteiger partial charge in [-0.15, -0.1) is 0 Å². The Morgan fingerprint density at radius 3 is 2.48 bits per heavy atom. The molecule has 0 saturated heterocycles. The fourth-order valence-electron chi connectivity index (χ4n) is 2.08. The molecule has 0 unspecified atom stereocenters. The summed E-state index contributed by atoms with van der Waals surface area (Å²) in [7, 11) is 0. The first-order valence-electron chi connectivity index (χ1n) is 6.46. The minimum atomic E-state index is -4.27. The number of hydrogen-bond acceptors (Lipinski definition) is 3. The van der Waals surface area contributed by atoms with Gasteiger partial charge in [-0.05, 0) is 29.5 Å². The predicted octanol–water partition coefficient (Wildman–Crippen LogP) is 2.94. The average Bonchev–Trinajstić information content (AvgIpc) is 2.79. The summed E-state index contributed by atoms with van der Waals surface area (Å²) in [6.45, 7) is 2.81. The maximum Gasteiger partial charge on any atom is 0.408 e. The van der Waals surface area contributed by atoms with E-state index in [9.17, 15) is 13.2 Å². The molecule has 2 heterocycles. The highest BCUT2D eigenvalue weighted by Crippen LogP contribution is 2.27. The van der Waals surface area contributed by atoms with Crippen molar-refractivity contribution in [3.8, 4) is 0 Å². The van der Waals surface area contributed by atoms with Crippen molar-refractivity contribution in [3.05, 3.63) is 42.0 Å². The fraction of sp³-hybridized carbons (Fsp3) is 0.429.